The minimum atomic E-state index is -5.43. The lowest BCUT2D eigenvalue weighted by Crippen LogP contribution is -2.31. The Morgan fingerprint density at radius 1 is 0.519 bits per heavy atom. The second-order valence-corrected chi connectivity index (χ2v) is 22.7. The average molecular weight is 1090 g/mol. The SMILES string of the molecule is COC1=C(OP(=O)(O)OC2=C(O)[C@@H](C(O)CO)OC2=O)C(=O)C(C)=C(C/C=C(\C)CC/C=C(\C)CC/C=C(\C)CC/C=C(\C)CC/C=C(\C)CC/C=C(\C)CC/C=C(\C)CC/C=C(\C)CC/C=C(\C)CCC=C(C)C)C1=O. The number of ether oxygens (including phenoxy) is 2. The van der Waals surface area contributed by atoms with E-state index < -0.39 is 67.2 Å². The van der Waals surface area contributed by atoms with E-state index in [-0.39, 0.29) is 17.6 Å². The molecule has 0 aromatic heterocycles. The molecule has 1 aliphatic heterocycles. The van der Waals surface area contributed by atoms with Crippen molar-refractivity contribution in [1.82, 2.24) is 0 Å². The van der Waals surface area contributed by atoms with Gasteiger partial charge < -0.3 is 33.8 Å². The van der Waals surface area contributed by atoms with Crippen molar-refractivity contribution < 1.29 is 57.7 Å². The first kappa shape index (κ1) is 67.8. The third kappa shape index (κ3) is 26.8. The molecule has 12 nitrogen and oxygen atoms in total. The van der Waals surface area contributed by atoms with Crippen molar-refractivity contribution >= 4 is 25.4 Å². The number of allylic oxidation sites excluding steroid dienone is 22. The number of hydrogen-bond donors (Lipinski definition) is 4. The second-order valence-electron chi connectivity index (χ2n) is 21.4. The summed E-state index contributed by atoms with van der Waals surface area (Å²) in [5.74, 6) is -6.88. The zero-order valence-corrected chi connectivity index (χ0v) is 50.0. The third-order valence-corrected chi connectivity index (χ3v) is 14.6. The van der Waals surface area contributed by atoms with Gasteiger partial charge in [-0.1, -0.05) is 116 Å². The largest absolute Gasteiger partial charge is 0.585 e. The van der Waals surface area contributed by atoms with E-state index in [1.807, 2.05) is 13.0 Å². The Kier molecular flexibility index (Phi) is 31.7. The van der Waals surface area contributed by atoms with Gasteiger partial charge in [0.15, 0.2) is 11.9 Å². The first-order valence-electron chi connectivity index (χ1n) is 27.7. The normalized spacial score (nSPS) is 18.4. The first-order valence-corrected chi connectivity index (χ1v) is 29.1. The van der Waals surface area contributed by atoms with Crippen molar-refractivity contribution in [2.75, 3.05) is 13.7 Å². The van der Waals surface area contributed by atoms with Gasteiger partial charge in [-0.15, -0.1) is 0 Å². The van der Waals surface area contributed by atoms with Gasteiger partial charge in [0.2, 0.25) is 23.1 Å². The molecule has 0 bridgehead atoms. The van der Waals surface area contributed by atoms with Crippen LogP contribution in [0.4, 0.5) is 0 Å². The Hall–Kier alpha value is -5.26. The monoisotopic (exact) mass is 1090 g/mol. The molecule has 0 saturated heterocycles. The van der Waals surface area contributed by atoms with Crippen LogP contribution in [0.1, 0.15) is 205 Å². The molecule has 0 aromatic carbocycles. The zero-order valence-electron chi connectivity index (χ0n) is 49.1. The van der Waals surface area contributed by atoms with Gasteiger partial charge in [-0.2, -0.15) is 0 Å². The summed E-state index contributed by atoms with van der Waals surface area (Å²) in [7, 11) is -4.34. The Morgan fingerprint density at radius 2 is 0.831 bits per heavy atom. The van der Waals surface area contributed by atoms with E-state index >= 15 is 0 Å². The number of aliphatic hydroxyl groups is 3. The molecular weight excluding hydrogens is 992 g/mol. The summed E-state index contributed by atoms with van der Waals surface area (Å²) in [6.07, 6.45) is 38.9. The summed E-state index contributed by atoms with van der Waals surface area (Å²) in [6, 6.07) is 0. The van der Waals surface area contributed by atoms with Crippen LogP contribution < -0.4 is 0 Å². The van der Waals surface area contributed by atoms with E-state index in [2.05, 4.69) is 133 Å². The predicted molar refractivity (Wildman–Crippen MR) is 312 cm³/mol. The minimum absolute atomic E-state index is 0.0397. The van der Waals surface area contributed by atoms with E-state index in [1.165, 1.54) is 63.5 Å². The van der Waals surface area contributed by atoms with Crippen molar-refractivity contribution in [3.63, 3.8) is 0 Å². The smallest absolute Gasteiger partial charge is 0.505 e. The van der Waals surface area contributed by atoms with Crippen molar-refractivity contribution in [1.29, 1.82) is 0 Å². The van der Waals surface area contributed by atoms with Gasteiger partial charge in [0, 0.05) is 11.1 Å². The van der Waals surface area contributed by atoms with E-state index in [4.69, 9.17) is 14.4 Å². The zero-order chi connectivity index (χ0) is 57.7. The van der Waals surface area contributed by atoms with Crippen molar-refractivity contribution in [2.45, 2.75) is 217 Å². The van der Waals surface area contributed by atoms with Gasteiger partial charge in [-0.05, 0) is 205 Å². The summed E-state index contributed by atoms with van der Waals surface area (Å²) < 4.78 is 32.3. The number of phosphoric acid groups is 1. The second kappa shape index (κ2) is 36.0. The maximum atomic E-state index is 13.4. The summed E-state index contributed by atoms with van der Waals surface area (Å²) in [6.45, 7) is 24.7. The summed E-state index contributed by atoms with van der Waals surface area (Å²) in [5.41, 5.74) is 14.1. The number of phosphoric ester groups is 1. The minimum Gasteiger partial charge on any atom is -0.505 e. The van der Waals surface area contributed by atoms with Crippen LogP contribution in [0.5, 0.6) is 0 Å². The molecule has 77 heavy (non-hydrogen) atoms. The molecule has 2 rings (SSSR count). The summed E-state index contributed by atoms with van der Waals surface area (Å²) in [4.78, 5) is 49.3. The lowest BCUT2D eigenvalue weighted by atomic mass is 9.90. The highest BCUT2D eigenvalue weighted by atomic mass is 31.2. The van der Waals surface area contributed by atoms with E-state index in [0.717, 1.165) is 122 Å². The number of Topliss-reactive ketones (excluding diaryl/α,β-unsaturated/α-hetero) is 2. The standard InChI is InChI=1S/C64H95O12P/c1-44(2)23-14-24-45(3)25-15-26-46(4)27-16-28-47(5)29-17-30-48(6)31-18-32-49(7)33-19-34-50(8)35-20-36-51(9)37-21-38-52(10)39-22-40-53(11)41-42-55-54(12)57(67)62(61(73-13)58(55)68)75-77(71,72)76-63-59(69)60(56(66)43-65)74-64(63)70/h23,25,27,29,31,33,35,37,39,41,56,60,65-66,69H,14-22,24,26,28,30,32,34,36,38,40,42-43H2,1-13H3,(H,71,72)/b45-25+,46-27+,47-29+,48-31+,49-33+,50-35+,51-37+,52-39+,53-41+/t56?,60-/m1/s1. The number of cyclic esters (lactones) is 1. The molecule has 0 spiro atoms. The third-order valence-electron chi connectivity index (χ3n) is 13.8. The van der Waals surface area contributed by atoms with Gasteiger partial charge >= 0.3 is 13.8 Å². The fourth-order valence-corrected chi connectivity index (χ4v) is 9.47. The van der Waals surface area contributed by atoms with Gasteiger partial charge in [0.05, 0.1) is 13.7 Å². The quantitative estimate of drug-likeness (QED) is 0.0202. The van der Waals surface area contributed by atoms with Crippen LogP contribution in [0.2, 0.25) is 0 Å². The maximum absolute atomic E-state index is 13.4. The van der Waals surface area contributed by atoms with Crippen molar-refractivity contribution in [3.8, 4) is 0 Å². The van der Waals surface area contributed by atoms with Crippen LogP contribution >= 0.6 is 7.82 Å². The number of hydrogen-bond acceptors (Lipinski definition) is 11. The van der Waals surface area contributed by atoms with Crippen LogP contribution in [-0.4, -0.2) is 63.7 Å². The summed E-state index contributed by atoms with van der Waals surface area (Å²) >= 11 is 0. The van der Waals surface area contributed by atoms with Crippen molar-refractivity contribution in [3.05, 3.63) is 151 Å². The highest BCUT2D eigenvalue weighted by Gasteiger charge is 2.46. The Balaban J connectivity index is 1.71. The van der Waals surface area contributed by atoms with Crippen LogP contribution in [0.3, 0.4) is 0 Å². The number of aliphatic hydroxyl groups excluding tert-OH is 3. The Morgan fingerprint density at radius 3 is 1.14 bits per heavy atom. The van der Waals surface area contributed by atoms with Gasteiger partial charge in [0.1, 0.15) is 6.10 Å². The number of methoxy groups -OCH3 is 1. The van der Waals surface area contributed by atoms with Crippen LogP contribution in [-0.2, 0) is 37.5 Å². The molecular formula is C64H95O12P. The van der Waals surface area contributed by atoms with E-state index in [1.54, 1.807) is 0 Å². The molecule has 4 N–H and O–H groups in total. The Bertz CT molecular complexity index is 2490. The number of carbonyl (C=O) groups excluding carboxylic acids is 3. The first-order chi connectivity index (χ1) is 36.4. The van der Waals surface area contributed by atoms with E-state index in [0.29, 0.717) is 0 Å². The fraction of sp³-hybridized carbons (Fsp3) is 0.547. The number of esters is 1. The van der Waals surface area contributed by atoms with Gasteiger partial charge in [-0.3, -0.25) is 14.5 Å². The molecule has 13 heteroatoms. The molecule has 1 heterocycles. The van der Waals surface area contributed by atoms with Crippen molar-refractivity contribution in [2.24, 2.45) is 0 Å². The van der Waals surface area contributed by atoms with Gasteiger partial charge in [0.25, 0.3) is 5.76 Å². The number of carbonyl (C=O) groups is 3. The molecule has 0 saturated carbocycles. The number of rotatable bonds is 36. The lowest BCUT2D eigenvalue weighted by molar-refractivity contribution is -0.147. The number of ketones is 2. The Labute approximate surface area is 462 Å². The predicted octanol–water partition coefficient (Wildman–Crippen LogP) is 16.4. The molecule has 0 radical (unpaired) electrons. The molecule has 0 fully saturated rings. The van der Waals surface area contributed by atoms with E-state index in [9.17, 15) is 34.1 Å². The van der Waals surface area contributed by atoms with Gasteiger partial charge in [-0.25, -0.2) is 9.36 Å². The summed E-state index contributed by atoms with van der Waals surface area (Å²) in [5, 5.41) is 29.1. The molecule has 1 aliphatic carbocycles. The van der Waals surface area contributed by atoms with Crippen LogP contribution in [0, 0.1) is 0 Å². The highest BCUT2D eigenvalue weighted by Crippen LogP contribution is 2.51. The maximum Gasteiger partial charge on any atom is 0.585 e. The molecule has 2 aliphatic rings. The lowest BCUT2D eigenvalue weighted by Gasteiger charge is -2.22. The topological polar surface area (TPSA) is 186 Å². The van der Waals surface area contributed by atoms with Crippen LogP contribution in [0.25, 0.3) is 0 Å². The fourth-order valence-electron chi connectivity index (χ4n) is 8.64. The molecule has 3 atom stereocenters. The highest BCUT2D eigenvalue weighted by molar-refractivity contribution is 7.47. The molecule has 2 unspecified atom stereocenters. The molecule has 0 aromatic rings. The molecule has 428 valence electrons. The molecule has 0 amide bonds. The average Bonchev–Trinajstić information content (AvgIpc) is 3.63. The van der Waals surface area contributed by atoms with Crippen LogP contribution in [0.15, 0.2) is 151 Å².